The molecule has 1 fully saturated rings. The summed E-state index contributed by atoms with van der Waals surface area (Å²) in [6, 6.07) is 17.2. The normalized spacial score (nSPS) is 15.7. The van der Waals surface area contributed by atoms with E-state index in [4.69, 9.17) is 0 Å². The van der Waals surface area contributed by atoms with Crippen LogP contribution in [0.15, 0.2) is 57.5 Å². The van der Waals surface area contributed by atoms with E-state index in [1.54, 1.807) is 0 Å². The number of benzene rings is 1. The molecule has 1 saturated heterocycles. The highest BCUT2D eigenvalue weighted by Gasteiger charge is 2.19. The van der Waals surface area contributed by atoms with Crippen molar-refractivity contribution in [1.29, 1.82) is 0 Å². The summed E-state index contributed by atoms with van der Waals surface area (Å²) in [6.07, 6.45) is 0.753. The Bertz CT molecular complexity index is 1000. The molecule has 0 saturated carbocycles. The van der Waals surface area contributed by atoms with Crippen molar-refractivity contribution in [1.82, 2.24) is 14.2 Å². The van der Waals surface area contributed by atoms with Gasteiger partial charge in [-0.15, -0.1) is 11.3 Å². The number of thiophene rings is 1. The average Bonchev–Trinajstić information content (AvgIpc) is 3.18. The van der Waals surface area contributed by atoms with Gasteiger partial charge in [0.15, 0.2) is 0 Å². The summed E-state index contributed by atoms with van der Waals surface area (Å²) in [5.41, 5.74) is 4.36. The van der Waals surface area contributed by atoms with E-state index in [9.17, 15) is 4.79 Å². The first-order chi connectivity index (χ1) is 14.1. The van der Waals surface area contributed by atoms with Gasteiger partial charge in [-0.3, -0.25) is 9.69 Å². The molecule has 1 aromatic carbocycles. The summed E-state index contributed by atoms with van der Waals surface area (Å²) in [4.78, 5) is 18.7. The zero-order valence-corrected chi connectivity index (χ0v) is 18.6. The van der Waals surface area contributed by atoms with Crippen LogP contribution in [0.2, 0.25) is 0 Å². The largest absolute Gasteiger partial charge is 0.326 e. The van der Waals surface area contributed by atoms with E-state index in [0.29, 0.717) is 0 Å². The zero-order chi connectivity index (χ0) is 20.2. The van der Waals surface area contributed by atoms with Crippen molar-refractivity contribution < 1.29 is 0 Å². The molecule has 4 rings (SSSR count). The number of aromatic amines is 1. The monoisotopic (exact) mass is 425 g/mol. The Kier molecular flexibility index (Phi) is 6.55. The van der Waals surface area contributed by atoms with Gasteiger partial charge in [0.05, 0.1) is 4.21 Å². The highest BCUT2D eigenvalue weighted by Crippen LogP contribution is 2.36. The molecular formula is C23H27N3OS2. The molecule has 1 aliphatic heterocycles. The molecule has 2 aromatic heterocycles. The van der Waals surface area contributed by atoms with E-state index in [1.807, 2.05) is 37.1 Å². The van der Waals surface area contributed by atoms with Crippen molar-refractivity contribution >= 4 is 23.3 Å². The van der Waals surface area contributed by atoms with Crippen molar-refractivity contribution in [3.8, 4) is 10.4 Å². The van der Waals surface area contributed by atoms with Gasteiger partial charge >= 0.3 is 0 Å². The molecule has 0 aliphatic carbocycles. The van der Waals surface area contributed by atoms with E-state index in [2.05, 4.69) is 62.7 Å². The third-order valence-electron chi connectivity index (χ3n) is 5.34. The van der Waals surface area contributed by atoms with Crippen molar-refractivity contribution in [2.24, 2.45) is 0 Å². The SMILES string of the molecule is CCc1cc(-c2ccc(SN3CCN(Cc4ccccc4)CC3)s2)c(C)[nH]c1=O. The van der Waals surface area contributed by atoms with Crippen LogP contribution in [0.1, 0.15) is 23.7 Å². The number of hydrogen-bond acceptors (Lipinski definition) is 5. The highest BCUT2D eigenvalue weighted by atomic mass is 32.2. The van der Waals surface area contributed by atoms with E-state index in [0.717, 1.165) is 56.0 Å². The Labute approximate surface area is 180 Å². The molecule has 6 heteroatoms. The number of hydrogen-bond donors (Lipinski definition) is 1. The number of nitrogens with zero attached hydrogens (tertiary/aromatic N) is 2. The third kappa shape index (κ3) is 5.01. The fourth-order valence-corrected chi connectivity index (χ4v) is 5.92. The summed E-state index contributed by atoms with van der Waals surface area (Å²) >= 11 is 3.67. The molecule has 0 bridgehead atoms. The van der Waals surface area contributed by atoms with Gasteiger partial charge < -0.3 is 4.98 Å². The second-order valence-corrected chi connectivity index (χ2v) is 9.90. The lowest BCUT2D eigenvalue weighted by atomic mass is 10.1. The van der Waals surface area contributed by atoms with Crippen LogP contribution in [-0.2, 0) is 13.0 Å². The van der Waals surface area contributed by atoms with Gasteiger partial charge in [0.2, 0.25) is 0 Å². The number of H-pyrrole nitrogens is 1. The summed E-state index contributed by atoms with van der Waals surface area (Å²) in [5, 5.41) is 0. The lowest BCUT2D eigenvalue weighted by Crippen LogP contribution is -2.42. The predicted octanol–water partition coefficient (Wildman–Crippen LogP) is 4.80. The van der Waals surface area contributed by atoms with Gasteiger partial charge in [-0.25, -0.2) is 4.31 Å². The van der Waals surface area contributed by atoms with Crippen molar-refractivity contribution in [3.05, 3.63) is 75.7 Å². The molecule has 3 aromatic rings. The van der Waals surface area contributed by atoms with Crippen LogP contribution in [-0.4, -0.2) is 40.4 Å². The Balaban J connectivity index is 1.36. The van der Waals surface area contributed by atoms with Gasteiger partial charge in [-0.1, -0.05) is 37.3 Å². The first-order valence-corrected chi connectivity index (χ1v) is 11.7. The van der Waals surface area contributed by atoms with Crippen LogP contribution in [0.5, 0.6) is 0 Å². The Morgan fingerprint density at radius 2 is 1.83 bits per heavy atom. The van der Waals surface area contributed by atoms with Crippen molar-refractivity contribution in [3.63, 3.8) is 0 Å². The lowest BCUT2D eigenvalue weighted by molar-refractivity contribution is 0.189. The lowest BCUT2D eigenvalue weighted by Gasteiger charge is -2.33. The van der Waals surface area contributed by atoms with Crippen LogP contribution in [0, 0.1) is 6.92 Å². The zero-order valence-electron chi connectivity index (χ0n) is 17.0. The Hall–Kier alpha value is -1.86. The molecule has 29 heavy (non-hydrogen) atoms. The van der Waals surface area contributed by atoms with Gasteiger partial charge in [-0.2, -0.15) is 0 Å². The maximum atomic E-state index is 12.0. The van der Waals surface area contributed by atoms with Crippen molar-refractivity contribution in [2.45, 2.75) is 31.0 Å². The maximum Gasteiger partial charge on any atom is 0.251 e. The number of rotatable bonds is 6. The topological polar surface area (TPSA) is 39.3 Å². The number of piperazine rings is 1. The average molecular weight is 426 g/mol. The minimum Gasteiger partial charge on any atom is -0.326 e. The van der Waals surface area contributed by atoms with E-state index in [-0.39, 0.29) is 5.56 Å². The number of aryl methyl sites for hydroxylation is 2. The quantitative estimate of drug-likeness (QED) is 0.576. The van der Waals surface area contributed by atoms with Gasteiger partial charge in [0, 0.05) is 54.4 Å². The minimum atomic E-state index is 0.0354. The fraction of sp³-hybridized carbons (Fsp3) is 0.348. The molecule has 152 valence electrons. The minimum absolute atomic E-state index is 0.0354. The van der Waals surface area contributed by atoms with Crippen LogP contribution >= 0.6 is 23.3 Å². The molecule has 0 atom stereocenters. The van der Waals surface area contributed by atoms with E-state index >= 15 is 0 Å². The summed E-state index contributed by atoms with van der Waals surface area (Å²) in [7, 11) is 0. The van der Waals surface area contributed by atoms with Crippen LogP contribution in [0.4, 0.5) is 0 Å². The molecule has 0 amide bonds. The maximum absolute atomic E-state index is 12.0. The Morgan fingerprint density at radius 1 is 1.07 bits per heavy atom. The summed E-state index contributed by atoms with van der Waals surface area (Å²) in [5.74, 6) is 0. The van der Waals surface area contributed by atoms with Gasteiger partial charge in [0.25, 0.3) is 5.56 Å². The molecular weight excluding hydrogens is 398 g/mol. The highest BCUT2D eigenvalue weighted by molar-refractivity contribution is 7.99. The molecule has 1 aliphatic rings. The molecule has 1 N–H and O–H groups in total. The van der Waals surface area contributed by atoms with Crippen LogP contribution < -0.4 is 5.56 Å². The molecule has 0 radical (unpaired) electrons. The number of aromatic nitrogens is 1. The molecule has 0 spiro atoms. The van der Waals surface area contributed by atoms with Crippen LogP contribution in [0.25, 0.3) is 10.4 Å². The molecule has 4 nitrogen and oxygen atoms in total. The second-order valence-electron chi connectivity index (χ2n) is 7.42. The number of nitrogens with one attached hydrogen (secondary N) is 1. The summed E-state index contributed by atoms with van der Waals surface area (Å²) in [6.45, 7) is 9.38. The Morgan fingerprint density at radius 3 is 2.55 bits per heavy atom. The first kappa shape index (κ1) is 20.4. The second kappa shape index (κ2) is 9.30. The van der Waals surface area contributed by atoms with E-state index in [1.165, 1.54) is 14.6 Å². The standard InChI is InChI=1S/C23H27N3OS2/c1-3-19-15-20(17(2)24-23(19)27)21-9-10-22(28-21)29-26-13-11-25(12-14-26)16-18-7-5-4-6-8-18/h4-10,15H,3,11-14,16H2,1-2H3,(H,24,27). The molecule has 3 heterocycles. The summed E-state index contributed by atoms with van der Waals surface area (Å²) < 4.78 is 3.77. The van der Waals surface area contributed by atoms with Crippen molar-refractivity contribution in [2.75, 3.05) is 26.2 Å². The number of pyridine rings is 1. The predicted molar refractivity (Wildman–Crippen MR) is 124 cm³/mol. The smallest absolute Gasteiger partial charge is 0.251 e. The van der Waals surface area contributed by atoms with Gasteiger partial charge in [0.1, 0.15) is 0 Å². The van der Waals surface area contributed by atoms with Crippen LogP contribution in [0.3, 0.4) is 0 Å². The fourth-order valence-electron chi connectivity index (χ4n) is 3.65. The first-order valence-electron chi connectivity index (χ1n) is 10.1. The van der Waals surface area contributed by atoms with Gasteiger partial charge in [-0.05, 0) is 49.1 Å². The third-order valence-corrected chi connectivity index (χ3v) is 7.67. The van der Waals surface area contributed by atoms with E-state index < -0.39 is 0 Å². The molecule has 0 unspecified atom stereocenters.